The van der Waals surface area contributed by atoms with Gasteiger partial charge in [-0.15, -0.1) is 11.3 Å². The molecule has 0 atom stereocenters. The molecule has 0 spiro atoms. The number of rotatable bonds is 5. The zero-order valence-electron chi connectivity index (χ0n) is 14.4. The van der Waals surface area contributed by atoms with Gasteiger partial charge in [-0.05, 0) is 47.8 Å². The number of nitrogens with one attached hydrogen (secondary N) is 2. The van der Waals surface area contributed by atoms with Gasteiger partial charge in [0.15, 0.2) is 0 Å². The molecule has 0 aliphatic heterocycles. The summed E-state index contributed by atoms with van der Waals surface area (Å²) in [5, 5.41) is 7.02. The Hall–Kier alpha value is -3.13. The van der Waals surface area contributed by atoms with Crippen molar-refractivity contribution in [2.24, 2.45) is 0 Å². The minimum absolute atomic E-state index is 0.0342. The quantitative estimate of drug-likeness (QED) is 0.614. The molecule has 2 amide bonds. The van der Waals surface area contributed by atoms with E-state index in [1.165, 1.54) is 35.6 Å². The van der Waals surface area contributed by atoms with E-state index in [2.05, 4.69) is 10.6 Å². The minimum atomic E-state index is -4.49. The first-order valence-corrected chi connectivity index (χ1v) is 9.10. The van der Waals surface area contributed by atoms with Gasteiger partial charge in [-0.25, -0.2) is 0 Å². The molecule has 3 rings (SSSR count). The predicted molar refractivity (Wildman–Crippen MR) is 102 cm³/mol. The summed E-state index contributed by atoms with van der Waals surface area (Å²) in [6.07, 6.45) is -4.27. The summed E-state index contributed by atoms with van der Waals surface area (Å²) in [5.41, 5.74) is -0.170. The molecule has 0 saturated carbocycles. The number of hydrogen-bond acceptors (Lipinski definition) is 3. The molecule has 8 heteroatoms. The van der Waals surface area contributed by atoms with Gasteiger partial charge in [0.2, 0.25) is 5.91 Å². The van der Waals surface area contributed by atoms with Gasteiger partial charge in [0.05, 0.1) is 12.0 Å². The Labute approximate surface area is 163 Å². The van der Waals surface area contributed by atoms with Gasteiger partial charge in [0.25, 0.3) is 5.91 Å². The standard InChI is InChI=1S/C20H15F3N2O2S/c21-20(22,23)14-5-2-7-16(11-14)25-19(27)13-4-1-6-15(10-13)24-18(26)12-17-8-3-9-28-17/h1-11H,12H2,(H,24,26)(H,25,27). The summed E-state index contributed by atoms with van der Waals surface area (Å²) in [4.78, 5) is 25.4. The van der Waals surface area contributed by atoms with Crippen LogP contribution >= 0.6 is 11.3 Å². The summed E-state index contributed by atoms with van der Waals surface area (Å²) in [6, 6.07) is 14.3. The summed E-state index contributed by atoms with van der Waals surface area (Å²) in [7, 11) is 0. The maximum absolute atomic E-state index is 12.8. The number of thiophene rings is 1. The van der Waals surface area contributed by atoms with Crippen molar-refractivity contribution >= 4 is 34.5 Å². The van der Waals surface area contributed by atoms with Crippen molar-refractivity contribution in [2.75, 3.05) is 10.6 Å². The summed E-state index contributed by atoms with van der Waals surface area (Å²) >= 11 is 1.47. The second-order valence-corrected chi connectivity index (χ2v) is 6.95. The molecule has 0 saturated heterocycles. The Morgan fingerprint density at radius 3 is 2.29 bits per heavy atom. The zero-order valence-corrected chi connectivity index (χ0v) is 15.2. The van der Waals surface area contributed by atoms with Crippen LogP contribution in [0.15, 0.2) is 66.0 Å². The highest BCUT2D eigenvalue weighted by Gasteiger charge is 2.30. The number of amides is 2. The molecule has 4 nitrogen and oxygen atoms in total. The first-order valence-electron chi connectivity index (χ1n) is 8.22. The van der Waals surface area contributed by atoms with Crippen LogP contribution in [-0.4, -0.2) is 11.8 Å². The van der Waals surface area contributed by atoms with E-state index in [0.717, 1.165) is 17.0 Å². The Morgan fingerprint density at radius 2 is 1.61 bits per heavy atom. The fraction of sp³-hybridized carbons (Fsp3) is 0.100. The van der Waals surface area contributed by atoms with Crippen LogP contribution in [0.5, 0.6) is 0 Å². The van der Waals surface area contributed by atoms with E-state index in [4.69, 9.17) is 0 Å². The lowest BCUT2D eigenvalue weighted by Crippen LogP contribution is -2.16. The lowest BCUT2D eigenvalue weighted by Gasteiger charge is -2.11. The van der Waals surface area contributed by atoms with Gasteiger partial charge in [-0.1, -0.05) is 18.2 Å². The monoisotopic (exact) mass is 404 g/mol. The van der Waals surface area contributed by atoms with E-state index in [9.17, 15) is 22.8 Å². The molecule has 0 fully saturated rings. The zero-order chi connectivity index (χ0) is 20.1. The summed E-state index contributed by atoms with van der Waals surface area (Å²) in [6.45, 7) is 0. The van der Waals surface area contributed by atoms with Crippen LogP contribution < -0.4 is 10.6 Å². The third-order valence-electron chi connectivity index (χ3n) is 3.77. The topological polar surface area (TPSA) is 58.2 Å². The molecule has 2 N–H and O–H groups in total. The number of halogens is 3. The number of hydrogen-bond donors (Lipinski definition) is 2. The molecule has 0 unspecified atom stereocenters. The molecule has 0 aliphatic rings. The highest BCUT2D eigenvalue weighted by atomic mass is 32.1. The second-order valence-electron chi connectivity index (χ2n) is 5.92. The van der Waals surface area contributed by atoms with Gasteiger partial charge in [0.1, 0.15) is 0 Å². The van der Waals surface area contributed by atoms with Crippen LogP contribution in [0.1, 0.15) is 20.8 Å². The Balaban J connectivity index is 1.68. The molecule has 1 heterocycles. The fourth-order valence-electron chi connectivity index (χ4n) is 2.49. The Kier molecular flexibility index (Phi) is 5.79. The Morgan fingerprint density at radius 1 is 0.893 bits per heavy atom. The molecule has 28 heavy (non-hydrogen) atoms. The van der Waals surface area contributed by atoms with Crippen molar-refractivity contribution in [3.63, 3.8) is 0 Å². The van der Waals surface area contributed by atoms with E-state index in [1.807, 2.05) is 17.5 Å². The van der Waals surface area contributed by atoms with Crippen LogP contribution in [0, 0.1) is 0 Å². The van der Waals surface area contributed by atoms with Gasteiger partial charge in [0, 0.05) is 21.8 Å². The van der Waals surface area contributed by atoms with E-state index in [-0.39, 0.29) is 23.6 Å². The molecule has 0 aliphatic carbocycles. The number of carbonyl (C=O) groups is 2. The van der Waals surface area contributed by atoms with Gasteiger partial charge in [-0.2, -0.15) is 13.2 Å². The van der Waals surface area contributed by atoms with Crippen molar-refractivity contribution in [2.45, 2.75) is 12.6 Å². The van der Waals surface area contributed by atoms with Crippen LogP contribution in [-0.2, 0) is 17.4 Å². The van der Waals surface area contributed by atoms with E-state index < -0.39 is 17.6 Å². The maximum Gasteiger partial charge on any atom is 0.416 e. The third kappa shape index (κ3) is 5.20. The second kappa shape index (κ2) is 8.26. The molecule has 0 radical (unpaired) electrons. The van der Waals surface area contributed by atoms with Gasteiger partial charge < -0.3 is 10.6 Å². The SMILES string of the molecule is O=C(Cc1cccs1)Nc1cccc(C(=O)Nc2cccc(C(F)(F)F)c2)c1. The lowest BCUT2D eigenvalue weighted by molar-refractivity contribution is -0.137. The highest BCUT2D eigenvalue weighted by molar-refractivity contribution is 7.10. The maximum atomic E-state index is 12.8. The Bertz CT molecular complexity index is 985. The summed E-state index contributed by atoms with van der Waals surface area (Å²) in [5.74, 6) is -0.799. The molecule has 1 aromatic heterocycles. The number of anilines is 2. The number of benzene rings is 2. The smallest absolute Gasteiger partial charge is 0.326 e. The number of alkyl halides is 3. The van der Waals surface area contributed by atoms with Crippen molar-refractivity contribution in [1.82, 2.24) is 0 Å². The van der Waals surface area contributed by atoms with Gasteiger partial charge in [-0.3, -0.25) is 9.59 Å². The van der Waals surface area contributed by atoms with Crippen molar-refractivity contribution in [1.29, 1.82) is 0 Å². The molecular formula is C20H15F3N2O2S. The molecular weight excluding hydrogens is 389 g/mol. The van der Waals surface area contributed by atoms with Crippen LogP contribution in [0.4, 0.5) is 24.5 Å². The lowest BCUT2D eigenvalue weighted by atomic mass is 10.1. The van der Waals surface area contributed by atoms with E-state index in [0.29, 0.717) is 5.69 Å². The first-order chi connectivity index (χ1) is 13.3. The first kappa shape index (κ1) is 19.6. The van der Waals surface area contributed by atoms with E-state index >= 15 is 0 Å². The minimum Gasteiger partial charge on any atom is -0.326 e. The fourth-order valence-corrected chi connectivity index (χ4v) is 3.19. The molecule has 144 valence electrons. The van der Waals surface area contributed by atoms with E-state index in [1.54, 1.807) is 12.1 Å². The van der Waals surface area contributed by atoms with Crippen LogP contribution in [0.25, 0.3) is 0 Å². The average molecular weight is 404 g/mol. The summed E-state index contributed by atoms with van der Waals surface area (Å²) < 4.78 is 38.4. The van der Waals surface area contributed by atoms with Gasteiger partial charge >= 0.3 is 6.18 Å². The average Bonchev–Trinajstić information content (AvgIpc) is 3.14. The number of carbonyl (C=O) groups excluding carboxylic acids is 2. The normalized spacial score (nSPS) is 11.1. The molecule has 2 aromatic carbocycles. The van der Waals surface area contributed by atoms with Crippen LogP contribution in [0.3, 0.4) is 0 Å². The van der Waals surface area contributed by atoms with Crippen molar-refractivity contribution < 1.29 is 22.8 Å². The highest BCUT2D eigenvalue weighted by Crippen LogP contribution is 2.30. The van der Waals surface area contributed by atoms with Crippen LogP contribution in [0.2, 0.25) is 0 Å². The molecule has 0 bridgehead atoms. The third-order valence-corrected chi connectivity index (χ3v) is 4.65. The predicted octanol–water partition coefficient (Wildman–Crippen LogP) is 5.20. The van der Waals surface area contributed by atoms with Crippen molar-refractivity contribution in [3.05, 3.63) is 82.0 Å². The largest absolute Gasteiger partial charge is 0.416 e. The van der Waals surface area contributed by atoms with Crippen molar-refractivity contribution in [3.8, 4) is 0 Å². The molecule has 3 aromatic rings.